The van der Waals surface area contributed by atoms with E-state index in [1.54, 1.807) is 0 Å². The molecule has 2 heteroatoms. The van der Waals surface area contributed by atoms with Crippen molar-refractivity contribution in [3.63, 3.8) is 0 Å². The first-order valence-electron chi connectivity index (χ1n) is 22.4. The van der Waals surface area contributed by atoms with Crippen molar-refractivity contribution in [2.75, 3.05) is 0 Å². The van der Waals surface area contributed by atoms with Gasteiger partial charge >= 0.3 is 0 Å². The fourth-order valence-electron chi connectivity index (χ4n) is 9.71. The van der Waals surface area contributed by atoms with Crippen molar-refractivity contribution >= 4 is 23.3 Å². The van der Waals surface area contributed by atoms with E-state index in [0.717, 1.165) is 66.8 Å². The SMILES string of the molecule is CC(C)(c1ccccc1)c1ccc2c(c1)C(O)(c1ccc(C=C(c3ccccc3)c3ccccc3)cc1)c1ccccc1C2(O)c1ccc(C=C(c2ccccc2)c2ccccc2)cc1. The molecule has 314 valence electrons. The van der Waals surface area contributed by atoms with Crippen LogP contribution < -0.4 is 0 Å². The Hall–Kier alpha value is -7.62. The molecule has 9 aromatic rings. The Morgan fingerprint density at radius 2 is 0.662 bits per heavy atom. The van der Waals surface area contributed by atoms with Crippen molar-refractivity contribution in [1.29, 1.82) is 0 Å². The van der Waals surface area contributed by atoms with E-state index < -0.39 is 16.6 Å². The highest BCUT2D eigenvalue weighted by Crippen LogP contribution is 2.54. The largest absolute Gasteiger partial charge is 0.376 e. The summed E-state index contributed by atoms with van der Waals surface area (Å²) in [5, 5.41) is 27.3. The summed E-state index contributed by atoms with van der Waals surface area (Å²) >= 11 is 0. The van der Waals surface area contributed by atoms with Gasteiger partial charge < -0.3 is 10.2 Å². The average Bonchev–Trinajstić information content (AvgIpc) is 3.38. The van der Waals surface area contributed by atoms with E-state index in [-0.39, 0.29) is 0 Å². The molecule has 1 aliphatic rings. The van der Waals surface area contributed by atoms with Gasteiger partial charge in [0, 0.05) is 5.41 Å². The van der Waals surface area contributed by atoms with Crippen LogP contribution in [0.2, 0.25) is 0 Å². The number of aliphatic hydroxyl groups is 2. The molecule has 0 amide bonds. The molecule has 0 bridgehead atoms. The third kappa shape index (κ3) is 7.57. The Morgan fingerprint density at radius 1 is 0.338 bits per heavy atom. The third-order valence-corrected chi connectivity index (χ3v) is 13.3. The van der Waals surface area contributed by atoms with Crippen molar-refractivity contribution < 1.29 is 10.2 Å². The molecule has 2 N–H and O–H groups in total. The minimum atomic E-state index is -1.60. The molecule has 1 aliphatic carbocycles. The normalized spacial score (nSPS) is 16.4. The van der Waals surface area contributed by atoms with Crippen LogP contribution >= 0.6 is 0 Å². The summed E-state index contributed by atoms with van der Waals surface area (Å²) in [5.41, 5.74) is 11.4. The van der Waals surface area contributed by atoms with E-state index in [9.17, 15) is 10.2 Å². The zero-order valence-electron chi connectivity index (χ0n) is 36.6. The van der Waals surface area contributed by atoms with E-state index in [2.05, 4.69) is 184 Å². The molecule has 65 heavy (non-hydrogen) atoms. The first kappa shape index (κ1) is 41.4. The zero-order chi connectivity index (χ0) is 44.4. The lowest BCUT2D eigenvalue weighted by atomic mass is 9.62. The fraction of sp³-hybridized carbons (Fsp3) is 0.0794. The summed E-state index contributed by atoms with van der Waals surface area (Å²) in [6, 6.07) is 82.9. The van der Waals surface area contributed by atoms with E-state index >= 15 is 0 Å². The van der Waals surface area contributed by atoms with E-state index in [1.807, 2.05) is 84.9 Å². The monoisotopic (exact) mass is 838 g/mol. The van der Waals surface area contributed by atoms with Crippen molar-refractivity contribution in [2.45, 2.75) is 30.5 Å². The second kappa shape index (κ2) is 17.2. The summed E-state index contributed by atoms with van der Waals surface area (Å²) < 4.78 is 0. The van der Waals surface area contributed by atoms with Crippen molar-refractivity contribution in [2.24, 2.45) is 0 Å². The Balaban J connectivity index is 1.12. The minimum Gasteiger partial charge on any atom is -0.376 e. The summed E-state index contributed by atoms with van der Waals surface area (Å²) in [7, 11) is 0. The maximum absolute atomic E-state index is 13.7. The molecule has 2 atom stereocenters. The molecular weight excluding hydrogens is 789 g/mol. The van der Waals surface area contributed by atoms with Gasteiger partial charge in [0.2, 0.25) is 0 Å². The Morgan fingerprint density at radius 3 is 1.05 bits per heavy atom. The number of fused-ring (bicyclic) bond motifs is 2. The number of rotatable bonds is 10. The smallest absolute Gasteiger partial charge is 0.141 e. The van der Waals surface area contributed by atoms with Crippen LogP contribution in [0.5, 0.6) is 0 Å². The lowest BCUT2D eigenvalue weighted by Gasteiger charge is -2.46. The molecule has 9 aromatic carbocycles. The molecule has 0 heterocycles. The molecule has 0 spiro atoms. The van der Waals surface area contributed by atoms with Crippen molar-refractivity contribution in [1.82, 2.24) is 0 Å². The number of hydrogen-bond donors (Lipinski definition) is 2. The molecule has 0 fully saturated rings. The van der Waals surface area contributed by atoms with Crippen LogP contribution in [-0.2, 0) is 16.6 Å². The molecule has 0 saturated carbocycles. The molecule has 0 aromatic heterocycles. The molecule has 0 saturated heterocycles. The predicted molar refractivity (Wildman–Crippen MR) is 268 cm³/mol. The summed E-state index contributed by atoms with van der Waals surface area (Å²) in [6.45, 7) is 4.44. The maximum atomic E-state index is 13.7. The van der Waals surface area contributed by atoms with Crippen LogP contribution in [0.3, 0.4) is 0 Å². The van der Waals surface area contributed by atoms with Crippen LogP contribution in [0.15, 0.2) is 243 Å². The van der Waals surface area contributed by atoms with Crippen LogP contribution in [0.1, 0.15) is 91.7 Å². The Kier molecular flexibility index (Phi) is 10.9. The Labute approximate surface area is 382 Å². The topological polar surface area (TPSA) is 40.5 Å². The van der Waals surface area contributed by atoms with E-state index in [4.69, 9.17) is 0 Å². The standard InChI is InChI=1S/C63H50O2/c1-61(2,51-28-16-7-17-29-51)54-40-41-59-60(44-54)63(65,53-38-34-46(35-39-53)43-56(49-24-12-5-13-25-49)50-26-14-6-15-27-50)58-31-19-18-30-57(58)62(59,64)52-36-32-45(33-37-52)42-55(47-20-8-3-9-21-47)48-22-10-4-11-23-48/h3-44,64-65H,1-2H3. The van der Waals surface area contributed by atoms with Crippen molar-refractivity contribution in [3.8, 4) is 0 Å². The van der Waals surface area contributed by atoms with E-state index in [0.29, 0.717) is 22.3 Å². The first-order valence-corrected chi connectivity index (χ1v) is 22.4. The van der Waals surface area contributed by atoms with Crippen molar-refractivity contribution in [3.05, 3.63) is 321 Å². The maximum Gasteiger partial charge on any atom is 0.141 e. The molecule has 0 radical (unpaired) electrons. The number of hydrogen-bond acceptors (Lipinski definition) is 2. The highest BCUT2D eigenvalue weighted by atomic mass is 16.3. The van der Waals surface area contributed by atoms with Crippen LogP contribution in [0, 0.1) is 0 Å². The van der Waals surface area contributed by atoms with Crippen LogP contribution in [-0.4, -0.2) is 10.2 Å². The first-order chi connectivity index (χ1) is 31.7. The quantitative estimate of drug-likeness (QED) is 0.135. The van der Waals surface area contributed by atoms with Gasteiger partial charge in [-0.3, -0.25) is 0 Å². The highest BCUT2D eigenvalue weighted by molar-refractivity contribution is 5.92. The average molecular weight is 839 g/mol. The zero-order valence-corrected chi connectivity index (χ0v) is 36.6. The number of benzene rings is 9. The fourth-order valence-corrected chi connectivity index (χ4v) is 9.71. The minimum absolute atomic E-state index is 0.407. The highest BCUT2D eigenvalue weighted by Gasteiger charge is 2.51. The molecule has 0 aliphatic heterocycles. The second-order valence-corrected chi connectivity index (χ2v) is 17.5. The van der Waals surface area contributed by atoms with Gasteiger partial charge in [0.15, 0.2) is 0 Å². The van der Waals surface area contributed by atoms with Gasteiger partial charge in [-0.25, -0.2) is 0 Å². The van der Waals surface area contributed by atoms with E-state index in [1.165, 1.54) is 0 Å². The van der Waals surface area contributed by atoms with Gasteiger partial charge in [-0.2, -0.15) is 0 Å². The second-order valence-electron chi connectivity index (χ2n) is 17.5. The summed E-state index contributed by atoms with van der Waals surface area (Å²) in [6.07, 6.45) is 4.42. The van der Waals surface area contributed by atoms with Gasteiger partial charge in [-0.1, -0.05) is 257 Å². The molecule has 2 nitrogen and oxygen atoms in total. The van der Waals surface area contributed by atoms with Gasteiger partial charge in [-0.15, -0.1) is 0 Å². The lowest BCUT2D eigenvalue weighted by molar-refractivity contribution is 0.0746. The van der Waals surface area contributed by atoms with Crippen LogP contribution in [0.25, 0.3) is 23.3 Å². The van der Waals surface area contributed by atoms with Crippen LogP contribution in [0.4, 0.5) is 0 Å². The summed E-state index contributed by atoms with van der Waals surface area (Å²) in [5.74, 6) is 0. The van der Waals surface area contributed by atoms with Gasteiger partial charge in [0.05, 0.1) is 0 Å². The predicted octanol–water partition coefficient (Wildman–Crippen LogP) is 14.1. The third-order valence-electron chi connectivity index (χ3n) is 13.3. The summed E-state index contributed by atoms with van der Waals surface area (Å²) in [4.78, 5) is 0. The Bertz CT molecular complexity index is 3050. The van der Waals surface area contributed by atoms with Gasteiger partial charge in [-0.05, 0) is 101 Å². The van der Waals surface area contributed by atoms with Gasteiger partial charge in [0.25, 0.3) is 0 Å². The lowest BCUT2D eigenvalue weighted by Crippen LogP contribution is -2.44. The molecule has 10 rings (SSSR count). The molecule has 2 unspecified atom stereocenters. The van der Waals surface area contributed by atoms with Gasteiger partial charge in [0.1, 0.15) is 11.2 Å². The molecular formula is C63H50O2.